The van der Waals surface area contributed by atoms with E-state index in [0.717, 1.165) is 0 Å². The molecule has 0 atom stereocenters. The Bertz CT molecular complexity index is 829. The van der Waals surface area contributed by atoms with Gasteiger partial charge >= 0.3 is 24.1 Å². The SMILES string of the molecule is [NH]=[Ti].[c-]1ccccc1.c1ccc2[cH-]ccc2c1.c1ccc2[cH-]ccc2c1. The number of rotatable bonds is 0. The van der Waals surface area contributed by atoms with Crippen LogP contribution in [0.5, 0.6) is 0 Å². The van der Waals surface area contributed by atoms with Crippen LogP contribution in [0.15, 0.2) is 115 Å². The molecule has 0 amide bonds. The minimum absolute atomic E-state index is 1.25. The van der Waals surface area contributed by atoms with Crippen LogP contribution in [-0.2, 0) is 20.3 Å². The van der Waals surface area contributed by atoms with Gasteiger partial charge in [-0.2, -0.15) is 71.4 Å². The maximum absolute atomic E-state index is 5.75. The van der Waals surface area contributed by atoms with E-state index in [1.165, 1.54) is 41.8 Å². The van der Waals surface area contributed by atoms with E-state index < -0.39 is 0 Å². The average Bonchev–Trinajstić information content (AvgIpc) is 3.41. The Balaban J connectivity index is 0.000000137. The molecule has 0 aliphatic heterocycles. The topological polar surface area (TPSA) is 23.9 Å². The summed E-state index contributed by atoms with van der Waals surface area (Å²) in [4.78, 5) is 0. The molecule has 0 aromatic heterocycles. The summed E-state index contributed by atoms with van der Waals surface area (Å²) in [5.74, 6) is 0. The summed E-state index contributed by atoms with van der Waals surface area (Å²) in [5.41, 5.74) is 0. The Morgan fingerprint density at radius 1 is 0.577 bits per heavy atom. The number of benzene rings is 3. The Morgan fingerprint density at radius 2 is 1.04 bits per heavy atom. The molecule has 5 aromatic rings. The van der Waals surface area contributed by atoms with E-state index in [1.54, 1.807) is 0 Å². The number of fused-ring (bicyclic) bond motifs is 2. The van der Waals surface area contributed by atoms with Crippen molar-refractivity contribution in [3.8, 4) is 0 Å². The zero-order valence-corrected chi connectivity index (χ0v) is 16.0. The van der Waals surface area contributed by atoms with E-state index in [1.807, 2.05) is 30.3 Å². The quantitative estimate of drug-likeness (QED) is 0.226. The average molecular weight is 370 g/mol. The van der Waals surface area contributed by atoms with Gasteiger partial charge in [-0.25, -0.2) is 0 Å². The van der Waals surface area contributed by atoms with Crippen molar-refractivity contribution in [2.24, 2.45) is 0 Å². The Kier molecular flexibility index (Phi) is 9.00. The van der Waals surface area contributed by atoms with Gasteiger partial charge in [0.25, 0.3) is 0 Å². The van der Waals surface area contributed by atoms with Gasteiger partial charge in [0.15, 0.2) is 0 Å². The summed E-state index contributed by atoms with van der Waals surface area (Å²) in [6.45, 7) is 0. The first-order valence-electron chi connectivity index (χ1n) is 8.30. The number of hydrogen-bond donors (Lipinski definition) is 1. The number of nitrogens with one attached hydrogen (secondary N) is 1. The van der Waals surface area contributed by atoms with Crippen LogP contribution in [0.25, 0.3) is 21.5 Å². The molecule has 0 aliphatic rings. The predicted molar refractivity (Wildman–Crippen MR) is 107 cm³/mol. The van der Waals surface area contributed by atoms with Crippen molar-refractivity contribution in [3.63, 3.8) is 0 Å². The van der Waals surface area contributed by atoms with Crippen molar-refractivity contribution < 1.29 is 20.3 Å². The maximum atomic E-state index is 5.75. The summed E-state index contributed by atoms with van der Waals surface area (Å²) in [6.07, 6.45) is 0. The van der Waals surface area contributed by atoms with Crippen LogP contribution in [-0.4, -0.2) is 0 Å². The Hall–Kier alpha value is -2.61. The van der Waals surface area contributed by atoms with Crippen LogP contribution in [0.1, 0.15) is 0 Å². The molecular formula is C24H20NTi-3. The second-order valence-electron chi connectivity index (χ2n) is 5.39. The molecule has 0 unspecified atom stereocenters. The summed E-state index contributed by atoms with van der Waals surface area (Å²) in [5, 5.41) is 5.32. The van der Waals surface area contributed by atoms with Gasteiger partial charge in [-0.1, -0.05) is 12.1 Å². The van der Waals surface area contributed by atoms with Gasteiger partial charge in [-0.05, 0) is 0 Å². The van der Waals surface area contributed by atoms with Crippen molar-refractivity contribution in [2.45, 2.75) is 0 Å². The molecular weight excluding hydrogens is 350 g/mol. The van der Waals surface area contributed by atoms with Crippen molar-refractivity contribution >= 4 is 21.5 Å². The summed E-state index contributed by atoms with van der Waals surface area (Å²) < 4.78 is 5.75. The molecule has 0 saturated carbocycles. The van der Waals surface area contributed by atoms with Crippen molar-refractivity contribution in [1.29, 1.82) is 3.83 Å². The monoisotopic (exact) mass is 370 g/mol. The molecule has 1 N–H and O–H groups in total. The van der Waals surface area contributed by atoms with E-state index in [0.29, 0.717) is 0 Å². The van der Waals surface area contributed by atoms with Crippen molar-refractivity contribution in [3.05, 3.63) is 121 Å². The molecule has 5 rings (SSSR count). The molecule has 0 saturated heterocycles. The van der Waals surface area contributed by atoms with Gasteiger partial charge in [-0.3, -0.25) is 0 Å². The van der Waals surface area contributed by atoms with Crippen LogP contribution >= 0.6 is 0 Å². The Morgan fingerprint density at radius 3 is 1.38 bits per heavy atom. The largest absolute Gasteiger partial charge is 0.184 e. The molecule has 0 radical (unpaired) electrons. The van der Waals surface area contributed by atoms with Crippen LogP contribution in [0, 0.1) is 9.90 Å². The van der Waals surface area contributed by atoms with E-state index in [4.69, 9.17) is 3.83 Å². The Labute approximate surface area is 166 Å². The molecule has 2 heteroatoms. The van der Waals surface area contributed by atoms with Gasteiger partial charge in [0.1, 0.15) is 0 Å². The minimum atomic E-state index is 1.25. The first-order chi connectivity index (χ1) is 12.9. The summed E-state index contributed by atoms with van der Waals surface area (Å²) in [7, 11) is 0. The van der Waals surface area contributed by atoms with E-state index in [9.17, 15) is 0 Å². The fourth-order valence-corrected chi connectivity index (χ4v) is 2.48. The van der Waals surface area contributed by atoms with Crippen molar-refractivity contribution in [2.75, 3.05) is 0 Å². The van der Waals surface area contributed by atoms with Gasteiger partial charge in [0.2, 0.25) is 0 Å². The normalized spacial score (nSPS) is 9.04. The third-order valence-corrected chi connectivity index (χ3v) is 3.70. The molecule has 0 aliphatic carbocycles. The molecule has 0 heterocycles. The second kappa shape index (κ2) is 11.9. The smallest absolute Gasteiger partial charge is 0.0809 e. The zero-order chi connectivity index (χ0) is 18.5. The van der Waals surface area contributed by atoms with Crippen LogP contribution in [0.4, 0.5) is 0 Å². The van der Waals surface area contributed by atoms with E-state index in [2.05, 4.69) is 91.0 Å². The van der Waals surface area contributed by atoms with Gasteiger partial charge < -0.3 is 0 Å². The molecule has 128 valence electrons. The van der Waals surface area contributed by atoms with Gasteiger partial charge in [0.05, 0.1) is 0 Å². The molecule has 0 spiro atoms. The fourth-order valence-electron chi connectivity index (χ4n) is 2.48. The molecule has 0 fully saturated rings. The van der Waals surface area contributed by atoms with E-state index >= 15 is 0 Å². The maximum Gasteiger partial charge on any atom is -0.0809 e. The van der Waals surface area contributed by atoms with Crippen LogP contribution < -0.4 is 0 Å². The first kappa shape index (κ1) is 19.7. The zero-order valence-electron chi connectivity index (χ0n) is 14.5. The fraction of sp³-hybridized carbons (Fsp3) is 0. The standard InChI is InChI=1S/2C9H7.C6H5.HN.Ti/c2*1-2-5-9-7-3-6-8(9)4-1;1-2-4-6-5-3-1;;/h2*1-7H;1-5H;1H;/q3*-1;;. The van der Waals surface area contributed by atoms with Crippen LogP contribution in [0.3, 0.4) is 0 Å². The van der Waals surface area contributed by atoms with Crippen LogP contribution in [0.2, 0.25) is 0 Å². The molecule has 5 aromatic carbocycles. The predicted octanol–water partition coefficient (Wildman–Crippen LogP) is 6.90. The minimum Gasteiger partial charge on any atom is -0.184 e. The second-order valence-corrected chi connectivity index (χ2v) is 5.39. The third kappa shape index (κ3) is 6.36. The van der Waals surface area contributed by atoms with Gasteiger partial charge in [-0.15, -0.1) is 59.3 Å². The summed E-state index contributed by atoms with van der Waals surface area (Å²) in [6, 6.07) is 41.8. The first-order valence-corrected chi connectivity index (χ1v) is 9.08. The molecule has 0 bridgehead atoms. The third-order valence-electron chi connectivity index (χ3n) is 3.70. The number of hydrogen-bond acceptors (Lipinski definition) is 1. The molecule has 26 heavy (non-hydrogen) atoms. The van der Waals surface area contributed by atoms with Gasteiger partial charge in [0, 0.05) is 0 Å². The van der Waals surface area contributed by atoms with Crippen molar-refractivity contribution in [1.82, 2.24) is 0 Å². The van der Waals surface area contributed by atoms with E-state index in [-0.39, 0.29) is 0 Å². The molecule has 1 nitrogen and oxygen atoms in total. The summed E-state index contributed by atoms with van der Waals surface area (Å²) >= 11 is 1.25.